The molecule has 0 spiro atoms. The summed E-state index contributed by atoms with van der Waals surface area (Å²) in [5, 5.41) is 19.6. The third-order valence-corrected chi connectivity index (χ3v) is 4.49. The molecule has 4 rings (SSSR count). The molecule has 0 amide bonds. The molecule has 2 N–H and O–H groups in total. The second-order valence-corrected chi connectivity index (χ2v) is 6.72. The van der Waals surface area contributed by atoms with Crippen LogP contribution < -0.4 is 4.74 Å². The maximum atomic E-state index is 9.79. The van der Waals surface area contributed by atoms with Gasteiger partial charge < -0.3 is 14.9 Å². The van der Waals surface area contributed by atoms with Crippen LogP contribution in [0.5, 0.6) is 23.0 Å². The number of nitrogens with zero attached hydrogens (tertiary/aromatic N) is 2. The molecule has 6 heteroatoms. The van der Waals surface area contributed by atoms with E-state index in [1.807, 2.05) is 60.7 Å². The van der Waals surface area contributed by atoms with Gasteiger partial charge in [0.15, 0.2) is 0 Å². The van der Waals surface area contributed by atoms with Gasteiger partial charge in [0.1, 0.15) is 23.0 Å². The first-order chi connectivity index (χ1) is 15.2. The van der Waals surface area contributed by atoms with Crippen molar-refractivity contribution in [2.45, 2.75) is 0 Å². The minimum Gasteiger partial charge on any atom is -0.507 e. The number of hydrogen-bond acceptors (Lipinski definition) is 5. The van der Waals surface area contributed by atoms with Gasteiger partial charge in [0, 0.05) is 40.3 Å². The summed E-state index contributed by atoms with van der Waals surface area (Å²) in [7, 11) is 0. The molecule has 0 atom stereocenters. The number of phenols is 2. The van der Waals surface area contributed by atoms with Crippen LogP contribution in [0.25, 0.3) is 0 Å². The molecule has 4 aromatic rings. The van der Waals surface area contributed by atoms with Gasteiger partial charge in [0.25, 0.3) is 0 Å². The molecular formula is C26H20CoN2O3. The fourth-order valence-electron chi connectivity index (χ4n) is 2.82. The van der Waals surface area contributed by atoms with Crippen molar-refractivity contribution in [3.63, 3.8) is 0 Å². The van der Waals surface area contributed by atoms with Gasteiger partial charge in [-0.3, -0.25) is 9.98 Å². The summed E-state index contributed by atoms with van der Waals surface area (Å²) in [5.74, 6) is 1.76. The fourth-order valence-corrected chi connectivity index (χ4v) is 2.82. The van der Waals surface area contributed by atoms with Crippen LogP contribution in [0.15, 0.2) is 107 Å². The Morgan fingerprint density at radius 1 is 0.531 bits per heavy atom. The zero-order valence-electron chi connectivity index (χ0n) is 16.9. The van der Waals surface area contributed by atoms with Gasteiger partial charge in [-0.05, 0) is 72.8 Å². The maximum absolute atomic E-state index is 9.79. The van der Waals surface area contributed by atoms with Crippen molar-refractivity contribution < 1.29 is 31.7 Å². The number of hydrogen-bond donors (Lipinski definition) is 2. The third-order valence-electron chi connectivity index (χ3n) is 4.49. The quantitative estimate of drug-likeness (QED) is 0.323. The van der Waals surface area contributed by atoms with Crippen LogP contribution in [-0.2, 0) is 16.8 Å². The molecule has 0 heterocycles. The van der Waals surface area contributed by atoms with E-state index in [2.05, 4.69) is 9.98 Å². The first-order valence-electron chi connectivity index (χ1n) is 9.69. The van der Waals surface area contributed by atoms with Gasteiger partial charge in [0.05, 0.1) is 11.4 Å². The molecule has 1 radical (unpaired) electrons. The minimum atomic E-state index is 0. The van der Waals surface area contributed by atoms with E-state index in [-0.39, 0.29) is 28.3 Å². The summed E-state index contributed by atoms with van der Waals surface area (Å²) < 4.78 is 5.87. The number of rotatable bonds is 6. The summed E-state index contributed by atoms with van der Waals surface area (Å²) in [6.45, 7) is 0. The largest absolute Gasteiger partial charge is 0.507 e. The van der Waals surface area contributed by atoms with E-state index in [0.29, 0.717) is 22.6 Å². The Labute approximate surface area is 196 Å². The van der Waals surface area contributed by atoms with Crippen LogP contribution >= 0.6 is 0 Å². The molecule has 4 aromatic carbocycles. The van der Waals surface area contributed by atoms with E-state index >= 15 is 0 Å². The van der Waals surface area contributed by atoms with E-state index in [1.165, 1.54) is 0 Å². The van der Waals surface area contributed by atoms with E-state index < -0.39 is 0 Å². The molecule has 0 bridgehead atoms. The average molecular weight is 467 g/mol. The number of ether oxygens (including phenoxy) is 1. The second kappa shape index (κ2) is 10.9. The van der Waals surface area contributed by atoms with Crippen molar-refractivity contribution >= 4 is 23.8 Å². The predicted octanol–water partition coefficient (Wildman–Crippen LogP) is 6.39. The first-order valence-corrected chi connectivity index (χ1v) is 9.69. The molecule has 0 aliphatic carbocycles. The van der Waals surface area contributed by atoms with Crippen molar-refractivity contribution in [1.29, 1.82) is 0 Å². The molecule has 32 heavy (non-hydrogen) atoms. The molecule has 5 nitrogen and oxygen atoms in total. The summed E-state index contributed by atoms with van der Waals surface area (Å²) in [6.07, 6.45) is 3.25. The Morgan fingerprint density at radius 3 is 1.28 bits per heavy atom. The van der Waals surface area contributed by atoms with E-state index in [1.54, 1.807) is 48.8 Å². The van der Waals surface area contributed by atoms with E-state index in [0.717, 1.165) is 11.4 Å². The minimum absolute atomic E-state index is 0. The SMILES string of the molecule is Oc1ccccc1C=Nc1ccc(Oc2ccc(N=Cc3ccccc3O)cc2)cc1.[Co]. The van der Waals surface area contributed by atoms with Crippen molar-refractivity contribution in [3.05, 3.63) is 108 Å². The van der Waals surface area contributed by atoms with Gasteiger partial charge in [-0.15, -0.1) is 0 Å². The van der Waals surface area contributed by atoms with Crippen molar-refractivity contribution in [2.75, 3.05) is 0 Å². The van der Waals surface area contributed by atoms with Crippen LogP contribution in [0.3, 0.4) is 0 Å². The zero-order valence-corrected chi connectivity index (χ0v) is 18.0. The van der Waals surface area contributed by atoms with E-state index in [4.69, 9.17) is 4.74 Å². The van der Waals surface area contributed by atoms with Gasteiger partial charge in [-0.25, -0.2) is 0 Å². The second-order valence-electron chi connectivity index (χ2n) is 6.72. The smallest absolute Gasteiger partial charge is 0.127 e. The van der Waals surface area contributed by atoms with Crippen molar-refractivity contribution in [1.82, 2.24) is 0 Å². The summed E-state index contributed by atoms with van der Waals surface area (Å²) >= 11 is 0. The van der Waals surface area contributed by atoms with Gasteiger partial charge in [0.2, 0.25) is 0 Å². The van der Waals surface area contributed by atoms with Crippen LogP contribution in [0.4, 0.5) is 11.4 Å². The predicted molar refractivity (Wildman–Crippen MR) is 124 cm³/mol. The number of aromatic hydroxyl groups is 2. The molecule has 0 fully saturated rings. The zero-order chi connectivity index (χ0) is 21.5. The topological polar surface area (TPSA) is 74.4 Å². The Kier molecular flexibility index (Phi) is 7.80. The number of aliphatic imine (C=N–C) groups is 2. The average Bonchev–Trinajstić information content (AvgIpc) is 2.80. The molecule has 0 unspecified atom stereocenters. The Morgan fingerprint density at radius 2 is 0.906 bits per heavy atom. The maximum Gasteiger partial charge on any atom is 0.127 e. The Balaban J connectivity index is 0.00000289. The molecule has 0 aliphatic rings. The van der Waals surface area contributed by atoms with E-state index in [9.17, 15) is 10.2 Å². The summed E-state index contributed by atoms with van der Waals surface area (Å²) in [6, 6.07) is 28.8. The molecular weight excluding hydrogens is 447 g/mol. The molecule has 0 aliphatic heterocycles. The molecule has 161 valence electrons. The molecule has 0 aromatic heterocycles. The summed E-state index contributed by atoms with van der Waals surface area (Å²) in [5.41, 5.74) is 2.83. The fraction of sp³-hybridized carbons (Fsp3) is 0. The first kappa shape index (κ1) is 22.8. The monoisotopic (exact) mass is 467 g/mol. The number of phenolic OH excluding ortho intramolecular Hbond substituents is 2. The standard InChI is InChI=1S/C26H20N2O3.Co/c29-25-7-3-1-5-19(25)17-27-21-9-13-23(14-10-21)31-24-15-11-22(12-16-24)28-18-20-6-2-4-8-26(20)30;/h1-18,29-30H;. The molecule has 0 saturated heterocycles. The van der Waals surface area contributed by atoms with Crippen LogP contribution in [0.1, 0.15) is 11.1 Å². The normalized spacial score (nSPS) is 10.9. The van der Waals surface area contributed by atoms with Crippen LogP contribution in [0, 0.1) is 0 Å². The van der Waals surface area contributed by atoms with Gasteiger partial charge in [-0.2, -0.15) is 0 Å². The Bertz CT molecular complexity index is 1120. The third kappa shape index (κ3) is 6.07. The van der Waals surface area contributed by atoms with Gasteiger partial charge in [-0.1, -0.05) is 24.3 Å². The van der Waals surface area contributed by atoms with Crippen LogP contribution in [-0.4, -0.2) is 22.6 Å². The van der Waals surface area contributed by atoms with Crippen molar-refractivity contribution in [3.8, 4) is 23.0 Å². The number of para-hydroxylation sites is 2. The van der Waals surface area contributed by atoms with Gasteiger partial charge >= 0.3 is 0 Å². The van der Waals surface area contributed by atoms with Crippen molar-refractivity contribution in [2.24, 2.45) is 9.98 Å². The molecule has 0 saturated carbocycles. The Hall–Kier alpha value is -3.87. The summed E-state index contributed by atoms with van der Waals surface area (Å²) in [4.78, 5) is 8.75. The number of benzene rings is 4. The van der Waals surface area contributed by atoms with Crippen LogP contribution in [0.2, 0.25) is 0 Å².